The Bertz CT molecular complexity index is 949. The number of nitriles is 1. The van der Waals surface area contributed by atoms with E-state index in [1.54, 1.807) is 17.2 Å². The molecule has 144 valence electrons. The molecule has 1 N–H and O–H groups in total. The molecule has 1 amide bonds. The van der Waals surface area contributed by atoms with Crippen LogP contribution in [-0.2, 0) is 11.3 Å². The highest BCUT2D eigenvalue weighted by Gasteiger charge is 2.17. The van der Waals surface area contributed by atoms with E-state index in [2.05, 4.69) is 21.6 Å². The number of thioether (sulfide) groups is 1. The molecule has 0 aliphatic heterocycles. The predicted octanol–water partition coefficient (Wildman–Crippen LogP) is 4.22. The van der Waals surface area contributed by atoms with Gasteiger partial charge in [-0.15, -0.1) is 10.2 Å². The lowest BCUT2D eigenvalue weighted by Crippen LogP contribution is -2.32. The summed E-state index contributed by atoms with van der Waals surface area (Å²) in [6.45, 7) is 2.74. The molecule has 2 aromatic heterocycles. The van der Waals surface area contributed by atoms with E-state index in [4.69, 9.17) is 9.68 Å². The highest BCUT2D eigenvalue weighted by atomic mass is 32.2. The van der Waals surface area contributed by atoms with Crippen molar-refractivity contribution in [3.63, 3.8) is 0 Å². The van der Waals surface area contributed by atoms with Gasteiger partial charge in [0.15, 0.2) is 4.34 Å². The first-order valence-electron chi connectivity index (χ1n) is 8.62. The molecule has 0 saturated carbocycles. The van der Waals surface area contributed by atoms with Crippen molar-refractivity contribution in [2.45, 2.75) is 24.2 Å². The van der Waals surface area contributed by atoms with Gasteiger partial charge in [0, 0.05) is 12.2 Å². The Morgan fingerprint density at radius 2 is 2.18 bits per heavy atom. The van der Waals surface area contributed by atoms with Crippen molar-refractivity contribution in [3.05, 3.63) is 54.0 Å². The van der Waals surface area contributed by atoms with E-state index in [9.17, 15) is 4.79 Å². The molecular formula is C19H19N5O2S2. The first kappa shape index (κ1) is 19.9. The second kappa shape index (κ2) is 9.92. The van der Waals surface area contributed by atoms with Crippen LogP contribution in [0.5, 0.6) is 0 Å². The van der Waals surface area contributed by atoms with Crippen molar-refractivity contribution in [2.75, 3.05) is 17.6 Å². The second-order valence-corrected chi connectivity index (χ2v) is 8.10. The Morgan fingerprint density at radius 3 is 2.93 bits per heavy atom. The second-order valence-electron chi connectivity index (χ2n) is 5.90. The summed E-state index contributed by atoms with van der Waals surface area (Å²) in [5.41, 5.74) is 2.10. The average molecular weight is 414 g/mol. The Hall–Kier alpha value is -2.83. The lowest BCUT2D eigenvalue weighted by Gasteiger charge is -2.19. The van der Waals surface area contributed by atoms with E-state index in [-0.39, 0.29) is 18.1 Å². The van der Waals surface area contributed by atoms with Crippen LogP contribution in [0, 0.1) is 18.3 Å². The van der Waals surface area contributed by atoms with E-state index in [1.165, 1.54) is 23.1 Å². The van der Waals surface area contributed by atoms with Crippen LogP contribution in [-0.4, -0.2) is 33.3 Å². The molecule has 0 fully saturated rings. The van der Waals surface area contributed by atoms with Crippen LogP contribution in [0.1, 0.15) is 17.7 Å². The SMILES string of the molecule is Cc1ccccc1Nc1nnc(SCC(=O)N(CCC#N)Cc2ccco2)s1. The maximum absolute atomic E-state index is 12.6. The summed E-state index contributed by atoms with van der Waals surface area (Å²) < 4.78 is 6.03. The molecule has 0 spiro atoms. The van der Waals surface area contributed by atoms with Gasteiger partial charge < -0.3 is 14.6 Å². The van der Waals surface area contributed by atoms with Crippen LogP contribution in [0.3, 0.4) is 0 Å². The number of carbonyl (C=O) groups is 1. The zero-order chi connectivity index (χ0) is 19.8. The normalized spacial score (nSPS) is 10.4. The minimum absolute atomic E-state index is 0.0692. The number of nitrogens with one attached hydrogen (secondary N) is 1. The summed E-state index contributed by atoms with van der Waals surface area (Å²) in [6.07, 6.45) is 1.85. The Labute approximate surface area is 171 Å². The summed E-state index contributed by atoms with van der Waals surface area (Å²) in [4.78, 5) is 14.2. The number of benzene rings is 1. The van der Waals surface area contributed by atoms with Crippen molar-refractivity contribution in [3.8, 4) is 6.07 Å². The largest absolute Gasteiger partial charge is 0.467 e. The molecule has 2 heterocycles. The highest BCUT2D eigenvalue weighted by Crippen LogP contribution is 2.28. The number of hydrogen-bond donors (Lipinski definition) is 1. The number of nitrogens with zero attached hydrogens (tertiary/aromatic N) is 4. The zero-order valence-corrected chi connectivity index (χ0v) is 16.9. The summed E-state index contributed by atoms with van der Waals surface area (Å²) >= 11 is 2.74. The van der Waals surface area contributed by atoms with Gasteiger partial charge in [0.25, 0.3) is 0 Å². The average Bonchev–Trinajstić information content (AvgIpc) is 3.37. The van der Waals surface area contributed by atoms with Gasteiger partial charge in [-0.3, -0.25) is 4.79 Å². The third kappa shape index (κ3) is 5.58. The van der Waals surface area contributed by atoms with Crippen molar-refractivity contribution >= 4 is 39.8 Å². The molecule has 7 nitrogen and oxygen atoms in total. The molecule has 0 atom stereocenters. The molecule has 0 aliphatic carbocycles. The molecule has 28 heavy (non-hydrogen) atoms. The minimum Gasteiger partial charge on any atom is -0.467 e. The number of furan rings is 1. The molecule has 0 radical (unpaired) electrons. The lowest BCUT2D eigenvalue weighted by atomic mass is 10.2. The third-order valence-electron chi connectivity index (χ3n) is 3.89. The Kier molecular flexibility index (Phi) is 7.06. The molecule has 9 heteroatoms. The van der Waals surface area contributed by atoms with Crippen molar-refractivity contribution in [1.29, 1.82) is 5.26 Å². The standard InChI is InChI=1S/C19H19N5O2S2/c1-14-6-2-3-8-16(14)21-18-22-23-19(28-18)27-13-17(25)24(10-5-9-20)12-15-7-4-11-26-15/h2-4,6-8,11H,5,10,12-13H2,1H3,(H,21,22). The van der Waals surface area contributed by atoms with Gasteiger partial charge in [0.1, 0.15) is 5.76 Å². The van der Waals surface area contributed by atoms with E-state index in [0.29, 0.717) is 28.3 Å². The van der Waals surface area contributed by atoms with Crippen LogP contribution < -0.4 is 5.32 Å². The number of carbonyl (C=O) groups excluding carboxylic acids is 1. The fourth-order valence-corrected chi connectivity index (χ4v) is 4.10. The first-order chi connectivity index (χ1) is 13.7. The molecule has 0 unspecified atom stereocenters. The van der Waals surface area contributed by atoms with Gasteiger partial charge in [-0.05, 0) is 30.7 Å². The monoisotopic (exact) mass is 413 g/mol. The van der Waals surface area contributed by atoms with Gasteiger partial charge in [-0.1, -0.05) is 41.3 Å². The van der Waals surface area contributed by atoms with E-state index < -0.39 is 0 Å². The fraction of sp³-hybridized carbons (Fsp3) is 0.263. The Morgan fingerprint density at radius 1 is 1.32 bits per heavy atom. The first-order valence-corrected chi connectivity index (χ1v) is 10.4. The molecule has 0 saturated heterocycles. The van der Waals surface area contributed by atoms with Crippen LogP contribution >= 0.6 is 23.1 Å². The van der Waals surface area contributed by atoms with Gasteiger partial charge in [-0.2, -0.15) is 5.26 Å². The summed E-state index contributed by atoms with van der Waals surface area (Å²) in [5.74, 6) is 0.850. The Balaban J connectivity index is 1.56. The summed E-state index contributed by atoms with van der Waals surface area (Å²) in [6, 6.07) is 13.6. The molecule has 0 bridgehead atoms. The van der Waals surface area contributed by atoms with Gasteiger partial charge in [0.2, 0.25) is 11.0 Å². The number of anilines is 2. The van der Waals surface area contributed by atoms with Gasteiger partial charge in [0.05, 0.1) is 31.1 Å². The van der Waals surface area contributed by atoms with Crippen molar-refractivity contribution in [1.82, 2.24) is 15.1 Å². The van der Waals surface area contributed by atoms with E-state index in [0.717, 1.165) is 11.3 Å². The molecular weight excluding hydrogens is 394 g/mol. The zero-order valence-electron chi connectivity index (χ0n) is 15.3. The van der Waals surface area contributed by atoms with Gasteiger partial charge >= 0.3 is 0 Å². The molecule has 3 aromatic rings. The maximum Gasteiger partial charge on any atom is 0.233 e. The van der Waals surface area contributed by atoms with Crippen LogP contribution in [0.2, 0.25) is 0 Å². The quantitative estimate of drug-likeness (QED) is 0.525. The minimum atomic E-state index is -0.0692. The van der Waals surface area contributed by atoms with E-state index >= 15 is 0 Å². The number of amides is 1. The summed E-state index contributed by atoms with van der Waals surface area (Å²) in [5, 5.41) is 21.0. The number of para-hydroxylation sites is 1. The highest BCUT2D eigenvalue weighted by molar-refractivity contribution is 8.01. The van der Waals surface area contributed by atoms with Crippen molar-refractivity contribution < 1.29 is 9.21 Å². The fourth-order valence-electron chi connectivity index (χ4n) is 2.43. The van der Waals surface area contributed by atoms with E-state index in [1.807, 2.05) is 37.3 Å². The van der Waals surface area contributed by atoms with Gasteiger partial charge in [-0.25, -0.2) is 0 Å². The topological polar surface area (TPSA) is 95.0 Å². The molecule has 1 aromatic carbocycles. The third-order valence-corrected chi connectivity index (χ3v) is 5.84. The predicted molar refractivity (Wildman–Crippen MR) is 109 cm³/mol. The lowest BCUT2D eigenvalue weighted by molar-refractivity contribution is -0.129. The van der Waals surface area contributed by atoms with Crippen LogP contribution in [0.15, 0.2) is 51.4 Å². The maximum atomic E-state index is 12.6. The van der Waals surface area contributed by atoms with Crippen LogP contribution in [0.4, 0.5) is 10.8 Å². The number of aryl methyl sites for hydroxylation is 1. The summed E-state index contributed by atoms with van der Waals surface area (Å²) in [7, 11) is 0. The number of aromatic nitrogens is 2. The molecule has 0 aliphatic rings. The number of rotatable bonds is 9. The smallest absolute Gasteiger partial charge is 0.233 e. The van der Waals surface area contributed by atoms with Crippen LogP contribution in [0.25, 0.3) is 0 Å². The molecule has 3 rings (SSSR count). The van der Waals surface area contributed by atoms with Crippen molar-refractivity contribution in [2.24, 2.45) is 0 Å². The number of hydrogen-bond acceptors (Lipinski definition) is 8.